The van der Waals surface area contributed by atoms with Crippen LogP contribution in [0, 0.1) is 6.92 Å². The van der Waals surface area contributed by atoms with Crippen LogP contribution >= 0.6 is 0 Å². The van der Waals surface area contributed by atoms with Gasteiger partial charge in [-0.2, -0.15) is 0 Å². The van der Waals surface area contributed by atoms with Crippen molar-refractivity contribution in [2.75, 3.05) is 6.54 Å². The van der Waals surface area contributed by atoms with Crippen LogP contribution in [-0.4, -0.2) is 18.0 Å². The van der Waals surface area contributed by atoms with Gasteiger partial charge >= 0.3 is 0 Å². The van der Waals surface area contributed by atoms with Gasteiger partial charge in [0.05, 0.1) is 5.54 Å². The predicted molar refractivity (Wildman–Crippen MR) is 80.8 cm³/mol. The summed E-state index contributed by atoms with van der Waals surface area (Å²) in [5, 5.41) is 4.02. The molecule has 0 atom stereocenters. The molecular weight excluding hydrogens is 252 g/mol. The van der Waals surface area contributed by atoms with E-state index in [0.29, 0.717) is 12.3 Å². The fraction of sp³-hybridized carbons (Fsp3) is 0.438. The first-order valence-corrected chi connectivity index (χ1v) is 7.07. The number of hydrogen-bond acceptors (Lipinski definition) is 3. The van der Waals surface area contributed by atoms with E-state index in [2.05, 4.69) is 5.32 Å². The van der Waals surface area contributed by atoms with Crippen molar-refractivity contribution in [2.45, 2.75) is 39.2 Å². The lowest BCUT2D eigenvalue weighted by molar-refractivity contribution is 0.0868. The maximum Gasteiger partial charge on any atom is 0.287 e. The van der Waals surface area contributed by atoms with Gasteiger partial charge in [0, 0.05) is 17.5 Å². The Morgan fingerprint density at radius 1 is 1.30 bits per heavy atom. The van der Waals surface area contributed by atoms with Crippen LogP contribution in [0.2, 0.25) is 0 Å². The summed E-state index contributed by atoms with van der Waals surface area (Å²) in [7, 11) is 0. The topological polar surface area (TPSA) is 68.3 Å². The number of amides is 1. The first-order chi connectivity index (χ1) is 9.56. The number of nitrogens with one attached hydrogen (secondary N) is 1. The lowest BCUT2D eigenvalue weighted by atomic mass is 9.92. The van der Waals surface area contributed by atoms with Crippen LogP contribution in [0.5, 0.6) is 0 Å². The van der Waals surface area contributed by atoms with Crippen LogP contribution in [0.25, 0.3) is 11.0 Å². The SMILES string of the molecule is CCC(CC)(CN)NC(=O)c1oc2ccccc2c1C. The van der Waals surface area contributed by atoms with Gasteiger partial charge in [0.2, 0.25) is 0 Å². The third-order valence-electron chi connectivity index (χ3n) is 4.17. The number of para-hydroxylation sites is 1. The molecule has 0 radical (unpaired) electrons. The number of carbonyl (C=O) groups excluding carboxylic acids is 1. The number of aryl methyl sites for hydroxylation is 1. The third kappa shape index (κ3) is 2.43. The molecule has 1 amide bonds. The fourth-order valence-electron chi connectivity index (χ4n) is 2.45. The van der Waals surface area contributed by atoms with E-state index in [9.17, 15) is 4.79 Å². The van der Waals surface area contributed by atoms with Crippen LogP contribution in [0.3, 0.4) is 0 Å². The van der Waals surface area contributed by atoms with Crippen molar-refractivity contribution in [3.63, 3.8) is 0 Å². The number of hydrogen-bond donors (Lipinski definition) is 2. The van der Waals surface area contributed by atoms with Gasteiger partial charge in [0.25, 0.3) is 5.91 Å². The number of carbonyl (C=O) groups is 1. The summed E-state index contributed by atoms with van der Waals surface area (Å²) in [4.78, 5) is 12.5. The predicted octanol–water partition coefficient (Wildman–Crippen LogP) is 2.99. The molecule has 0 aliphatic rings. The lowest BCUT2D eigenvalue weighted by Crippen LogP contribution is -2.52. The Kier molecular flexibility index (Phi) is 4.14. The molecule has 3 N–H and O–H groups in total. The van der Waals surface area contributed by atoms with Crippen LogP contribution in [0.1, 0.15) is 42.8 Å². The average molecular weight is 274 g/mol. The van der Waals surface area contributed by atoms with E-state index in [1.165, 1.54) is 0 Å². The molecule has 20 heavy (non-hydrogen) atoms. The second-order valence-electron chi connectivity index (χ2n) is 5.20. The van der Waals surface area contributed by atoms with Crippen LogP contribution in [-0.2, 0) is 0 Å². The number of rotatable bonds is 5. The third-order valence-corrected chi connectivity index (χ3v) is 4.17. The van der Waals surface area contributed by atoms with Crippen molar-refractivity contribution in [2.24, 2.45) is 5.73 Å². The van der Waals surface area contributed by atoms with E-state index < -0.39 is 0 Å². The highest BCUT2D eigenvalue weighted by atomic mass is 16.3. The van der Waals surface area contributed by atoms with Crippen molar-refractivity contribution >= 4 is 16.9 Å². The lowest BCUT2D eigenvalue weighted by Gasteiger charge is -2.31. The van der Waals surface area contributed by atoms with Crippen molar-refractivity contribution in [1.82, 2.24) is 5.32 Å². The summed E-state index contributed by atoms with van der Waals surface area (Å²) < 4.78 is 5.69. The second kappa shape index (κ2) is 5.67. The summed E-state index contributed by atoms with van der Waals surface area (Å²) in [5.74, 6) is 0.193. The normalized spacial score (nSPS) is 11.8. The molecule has 1 heterocycles. The molecule has 0 aliphatic heterocycles. The van der Waals surface area contributed by atoms with Gasteiger partial charge in [-0.25, -0.2) is 0 Å². The number of fused-ring (bicyclic) bond motifs is 1. The Morgan fingerprint density at radius 3 is 2.50 bits per heavy atom. The van der Waals surface area contributed by atoms with Gasteiger partial charge in [-0.05, 0) is 25.8 Å². The molecule has 0 spiro atoms. The maximum absolute atomic E-state index is 12.5. The maximum atomic E-state index is 12.5. The molecular formula is C16H22N2O2. The molecule has 1 aromatic carbocycles. The Balaban J connectivity index is 2.34. The molecule has 2 aromatic rings. The zero-order valence-electron chi connectivity index (χ0n) is 12.3. The Hall–Kier alpha value is -1.81. The van der Waals surface area contributed by atoms with E-state index in [4.69, 9.17) is 10.2 Å². The Labute approximate surface area is 119 Å². The molecule has 4 heteroatoms. The number of benzene rings is 1. The van der Waals surface area contributed by atoms with Crippen molar-refractivity contribution in [3.05, 3.63) is 35.6 Å². The van der Waals surface area contributed by atoms with Gasteiger partial charge in [-0.15, -0.1) is 0 Å². The summed E-state index contributed by atoms with van der Waals surface area (Å²) in [6.07, 6.45) is 1.59. The minimum atomic E-state index is -0.359. The van der Waals surface area contributed by atoms with E-state index in [-0.39, 0.29) is 11.4 Å². The zero-order chi connectivity index (χ0) is 14.8. The molecule has 0 fully saturated rings. The van der Waals surface area contributed by atoms with Crippen LogP contribution < -0.4 is 11.1 Å². The van der Waals surface area contributed by atoms with Crippen molar-refractivity contribution < 1.29 is 9.21 Å². The molecule has 4 nitrogen and oxygen atoms in total. The Morgan fingerprint density at radius 2 is 1.95 bits per heavy atom. The molecule has 0 unspecified atom stereocenters. The van der Waals surface area contributed by atoms with Gasteiger partial charge in [-0.3, -0.25) is 4.79 Å². The summed E-state index contributed by atoms with van der Waals surface area (Å²) in [5.41, 5.74) is 7.07. The number of furan rings is 1. The number of nitrogens with two attached hydrogens (primary N) is 1. The van der Waals surface area contributed by atoms with Gasteiger partial charge in [-0.1, -0.05) is 32.0 Å². The minimum Gasteiger partial charge on any atom is -0.451 e. The van der Waals surface area contributed by atoms with Crippen LogP contribution in [0.15, 0.2) is 28.7 Å². The average Bonchev–Trinajstić information content (AvgIpc) is 2.83. The highest BCUT2D eigenvalue weighted by molar-refractivity contribution is 5.99. The highest BCUT2D eigenvalue weighted by Crippen LogP contribution is 2.25. The summed E-state index contributed by atoms with van der Waals surface area (Å²) in [6.45, 7) is 6.39. The molecule has 2 rings (SSSR count). The van der Waals surface area contributed by atoms with Gasteiger partial charge < -0.3 is 15.5 Å². The highest BCUT2D eigenvalue weighted by Gasteiger charge is 2.29. The molecule has 0 aliphatic carbocycles. The molecule has 0 saturated carbocycles. The Bertz CT molecular complexity index is 604. The standard InChI is InChI=1S/C16H22N2O2/c1-4-16(5-2,10-17)18-15(19)14-11(3)12-8-6-7-9-13(12)20-14/h6-9H,4-5,10,17H2,1-3H3,(H,18,19). The quantitative estimate of drug-likeness (QED) is 0.880. The van der Waals surface area contributed by atoms with E-state index in [1.807, 2.05) is 45.0 Å². The van der Waals surface area contributed by atoms with Crippen molar-refractivity contribution in [3.8, 4) is 0 Å². The van der Waals surface area contributed by atoms with Crippen molar-refractivity contribution in [1.29, 1.82) is 0 Å². The first kappa shape index (κ1) is 14.6. The fourth-order valence-corrected chi connectivity index (χ4v) is 2.45. The van der Waals surface area contributed by atoms with E-state index in [1.54, 1.807) is 0 Å². The molecule has 1 aromatic heterocycles. The van der Waals surface area contributed by atoms with Gasteiger partial charge in [0.1, 0.15) is 5.58 Å². The zero-order valence-corrected chi connectivity index (χ0v) is 12.3. The molecule has 108 valence electrons. The minimum absolute atomic E-state index is 0.187. The smallest absolute Gasteiger partial charge is 0.287 e. The van der Waals surface area contributed by atoms with Crippen LogP contribution in [0.4, 0.5) is 0 Å². The molecule has 0 bridgehead atoms. The summed E-state index contributed by atoms with van der Waals surface area (Å²) >= 11 is 0. The second-order valence-corrected chi connectivity index (χ2v) is 5.20. The summed E-state index contributed by atoms with van der Waals surface area (Å²) in [6, 6.07) is 7.67. The largest absolute Gasteiger partial charge is 0.451 e. The van der Waals surface area contributed by atoms with E-state index >= 15 is 0 Å². The van der Waals surface area contributed by atoms with E-state index in [0.717, 1.165) is 29.4 Å². The van der Waals surface area contributed by atoms with Gasteiger partial charge in [0.15, 0.2) is 5.76 Å². The first-order valence-electron chi connectivity index (χ1n) is 7.07. The molecule has 0 saturated heterocycles. The monoisotopic (exact) mass is 274 g/mol.